The molecule has 1 fully saturated rings. The van der Waals surface area contributed by atoms with Gasteiger partial charge in [0.05, 0.1) is 16.1 Å². The van der Waals surface area contributed by atoms with E-state index in [0.717, 1.165) is 12.1 Å². The normalized spacial score (nSPS) is 14.9. The fourth-order valence-corrected chi connectivity index (χ4v) is 5.99. The van der Waals surface area contributed by atoms with Crippen LogP contribution in [0.3, 0.4) is 0 Å². The van der Waals surface area contributed by atoms with Crippen molar-refractivity contribution in [3.8, 4) is 11.5 Å². The number of hydrogen-bond acceptors (Lipinski definition) is 8. The van der Waals surface area contributed by atoms with E-state index >= 15 is 0 Å². The predicted octanol–water partition coefficient (Wildman–Crippen LogP) is 4.73. The third kappa shape index (κ3) is 6.74. The lowest BCUT2D eigenvalue weighted by Crippen LogP contribution is -2.31. The number of anilines is 1. The van der Waals surface area contributed by atoms with Gasteiger partial charge in [-0.15, -0.1) is 0 Å². The summed E-state index contributed by atoms with van der Waals surface area (Å²) in [5.74, 6) is -0.713. The molecule has 3 aromatic carbocycles. The molecular formula is C26H25F3N2O7S2. The standard InChI is InChI=1S/C26H25F3N2O7S2/c27-26(28,29)39(33,34)24-16-20(10-11-22(24)30-17-18-12-14-37-15-13-18)40(35,36)31-25(32)21-8-4-5-9-23(21)38-19-6-2-1-3-7-19/h1-11,16,18,30H,12-15,17H2,(H,31,32). The second-order valence-corrected chi connectivity index (χ2v) is 12.5. The van der Waals surface area contributed by atoms with Crippen LogP contribution < -0.4 is 14.8 Å². The van der Waals surface area contributed by atoms with Crippen molar-refractivity contribution >= 4 is 31.5 Å². The van der Waals surface area contributed by atoms with Crippen LogP contribution in [-0.4, -0.2) is 48.0 Å². The zero-order valence-corrected chi connectivity index (χ0v) is 22.5. The minimum absolute atomic E-state index is 0.0226. The molecular weight excluding hydrogens is 573 g/mol. The zero-order chi connectivity index (χ0) is 29.0. The van der Waals surface area contributed by atoms with Crippen LogP contribution in [0.1, 0.15) is 23.2 Å². The van der Waals surface area contributed by atoms with E-state index in [1.807, 2.05) is 0 Å². The van der Waals surface area contributed by atoms with Crippen LogP contribution in [0.4, 0.5) is 18.9 Å². The molecule has 1 amide bonds. The number of para-hydroxylation sites is 2. The molecule has 1 heterocycles. The summed E-state index contributed by atoms with van der Waals surface area (Å²) in [4.78, 5) is 10.8. The molecule has 0 unspecified atom stereocenters. The number of amides is 1. The number of sulfone groups is 1. The molecule has 14 heteroatoms. The lowest BCUT2D eigenvalue weighted by Gasteiger charge is -2.23. The van der Waals surface area contributed by atoms with Crippen molar-refractivity contribution in [2.24, 2.45) is 5.92 Å². The smallest absolute Gasteiger partial charge is 0.457 e. The molecule has 4 rings (SSSR count). The molecule has 0 spiro atoms. The third-order valence-corrected chi connectivity index (χ3v) is 8.96. The Kier molecular flexibility index (Phi) is 8.71. The van der Waals surface area contributed by atoms with Gasteiger partial charge in [0.15, 0.2) is 0 Å². The molecule has 3 aromatic rings. The molecule has 0 saturated carbocycles. The number of hydrogen-bond donors (Lipinski definition) is 2. The summed E-state index contributed by atoms with van der Waals surface area (Å²) in [7, 11) is -10.8. The van der Waals surface area contributed by atoms with Gasteiger partial charge >= 0.3 is 5.51 Å². The van der Waals surface area contributed by atoms with E-state index in [-0.39, 0.29) is 23.8 Å². The van der Waals surface area contributed by atoms with Gasteiger partial charge in [-0.2, -0.15) is 13.2 Å². The van der Waals surface area contributed by atoms with Crippen molar-refractivity contribution in [3.05, 3.63) is 78.4 Å². The molecule has 0 atom stereocenters. The van der Waals surface area contributed by atoms with Gasteiger partial charge in [0.25, 0.3) is 25.8 Å². The quantitative estimate of drug-likeness (QED) is 0.362. The van der Waals surface area contributed by atoms with Gasteiger partial charge in [0.2, 0.25) is 0 Å². The van der Waals surface area contributed by atoms with Crippen LogP contribution in [0.25, 0.3) is 0 Å². The first-order valence-corrected chi connectivity index (χ1v) is 15.0. The Morgan fingerprint density at radius 3 is 2.25 bits per heavy atom. The zero-order valence-electron chi connectivity index (χ0n) is 20.8. The first-order valence-electron chi connectivity index (χ1n) is 12.0. The summed E-state index contributed by atoms with van der Waals surface area (Å²) < 4.78 is 104. The second-order valence-electron chi connectivity index (χ2n) is 8.89. The molecule has 2 N–H and O–H groups in total. The first-order chi connectivity index (χ1) is 18.9. The topological polar surface area (TPSA) is 128 Å². The van der Waals surface area contributed by atoms with Crippen molar-refractivity contribution in [3.63, 3.8) is 0 Å². The highest BCUT2D eigenvalue weighted by atomic mass is 32.2. The van der Waals surface area contributed by atoms with Crippen molar-refractivity contribution in [2.45, 2.75) is 28.1 Å². The highest BCUT2D eigenvalue weighted by molar-refractivity contribution is 7.92. The summed E-state index contributed by atoms with van der Waals surface area (Å²) in [5.41, 5.74) is -6.27. The van der Waals surface area contributed by atoms with E-state index in [9.17, 15) is 34.8 Å². The second kappa shape index (κ2) is 11.9. The molecule has 1 saturated heterocycles. The number of carbonyl (C=O) groups is 1. The van der Waals surface area contributed by atoms with Crippen LogP contribution >= 0.6 is 0 Å². The number of nitrogens with one attached hydrogen (secondary N) is 2. The first kappa shape index (κ1) is 29.4. The fraction of sp³-hybridized carbons (Fsp3) is 0.269. The fourth-order valence-electron chi connectivity index (χ4n) is 3.96. The molecule has 40 heavy (non-hydrogen) atoms. The van der Waals surface area contributed by atoms with Gasteiger partial charge in [0, 0.05) is 19.8 Å². The van der Waals surface area contributed by atoms with E-state index in [1.165, 1.54) is 18.2 Å². The van der Waals surface area contributed by atoms with E-state index < -0.39 is 46.8 Å². The highest BCUT2D eigenvalue weighted by Gasteiger charge is 2.48. The SMILES string of the molecule is O=C(NS(=O)(=O)c1ccc(NCC2CCOCC2)c(S(=O)(=O)C(F)(F)F)c1)c1ccccc1Oc1ccccc1. The Balaban J connectivity index is 1.63. The van der Waals surface area contributed by atoms with Crippen molar-refractivity contribution in [2.75, 3.05) is 25.1 Å². The summed E-state index contributed by atoms with van der Waals surface area (Å²) in [6, 6.07) is 16.4. The lowest BCUT2D eigenvalue weighted by molar-refractivity contribution is -0.0435. The molecule has 9 nitrogen and oxygen atoms in total. The minimum Gasteiger partial charge on any atom is -0.457 e. The lowest BCUT2D eigenvalue weighted by atomic mass is 10.0. The maximum Gasteiger partial charge on any atom is 0.501 e. The van der Waals surface area contributed by atoms with Gasteiger partial charge in [-0.3, -0.25) is 4.79 Å². The van der Waals surface area contributed by atoms with E-state index in [2.05, 4.69) is 5.32 Å². The Morgan fingerprint density at radius 2 is 1.57 bits per heavy atom. The largest absolute Gasteiger partial charge is 0.501 e. The Hall–Kier alpha value is -3.62. The summed E-state index contributed by atoms with van der Waals surface area (Å²) in [6.45, 7) is 1.09. The number of rotatable bonds is 9. The number of ether oxygens (including phenoxy) is 2. The van der Waals surface area contributed by atoms with Gasteiger partial charge in [-0.1, -0.05) is 30.3 Å². The van der Waals surface area contributed by atoms with Crippen molar-refractivity contribution in [1.29, 1.82) is 0 Å². The average Bonchev–Trinajstić information content (AvgIpc) is 2.92. The van der Waals surface area contributed by atoms with Gasteiger partial charge in [-0.25, -0.2) is 21.6 Å². The maximum atomic E-state index is 13.5. The summed E-state index contributed by atoms with van der Waals surface area (Å²) in [5, 5.41) is 2.70. The number of sulfonamides is 1. The molecule has 1 aliphatic rings. The molecule has 0 bridgehead atoms. The summed E-state index contributed by atoms with van der Waals surface area (Å²) in [6.07, 6.45) is 1.25. The minimum atomic E-state index is -5.95. The van der Waals surface area contributed by atoms with Crippen LogP contribution in [0.5, 0.6) is 11.5 Å². The average molecular weight is 599 g/mol. The Morgan fingerprint density at radius 1 is 0.925 bits per heavy atom. The number of carbonyl (C=O) groups excluding carboxylic acids is 1. The predicted molar refractivity (Wildman–Crippen MR) is 139 cm³/mol. The third-order valence-electron chi connectivity index (χ3n) is 6.11. The monoisotopic (exact) mass is 598 g/mol. The van der Waals surface area contributed by atoms with Crippen molar-refractivity contribution in [1.82, 2.24) is 4.72 Å². The van der Waals surface area contributed by atoms with Gasteiger partial charge in [0.1, 0.15) is 16.4 Å². The molecule has 0 aromatic heterocycles. The van der Waals surface area contributed by atoms with Crippen LogP contribution in [0, 0.1) is 5.92 Å². The Bertz CT molecular complexity index is 1570. The molecule has 0 radical (unpaired) electrons. The molecule has 1 aliphatic heterocycles. The maximum absolute atomic E-state index is 13.5. The molecule has 0 aliphatic carbocycles. The van der Waals surface area contributed by atoms with E-state index in [1.54, 1.807) is 41.1 Å². The summed E-state index contributed by atoms with van der Waals surface area (Å²) >= 11 is 0. The van der Waals surface area contributed by atoms with Crippen LogP contribution in [-0.2, 0) is 24.6 Å². The van der Waals surface area contributed by atoms with E-state index in [4.69, 9.17) is 9.47 Å². The number of benzene rings is 3. The highest BCUT2D eigenvalue weighted by Crippen LogP contribution is 2.36. The van der Waals surface area contributed by atoms with Gasteiger partial charge < -0.3 is 14.8 Å². The Labute approximate surface area is 229 Å². The number of halogens is 3. The van der Waals surface area contributed by atoms with Gasteiger partial charge in [-0.05, 0) is 61.2 Å². The number of alkyl halides is 3. The van der Waals surface area contributed by atoms with Crippen LogP contribution in [0.15, 0.2) is 82.6 Å². The molecule has 214 valence electrons. The van der Waals surface area contributed by atoms with E-state index in [0.29, 0.717) is 37.9 Å². The van der Waals surface area contributed by atoms with Crippen LogP contribution in [0.2, 0.25) is 0 Å². The van der Waals surface area contributed by atoms with Crippen molar-refractivity contribution < 1.29 is 44.3 Å².